The van der Waals surface area contributed by atoms with Crippen LogP contribution in [-0.4, -0.2) is 12.5 Å². The number of hydrogen-bond acceptors (Lipinski definition) is 1. The lowest BCUT2D eigenvalue weighted by Gasteiger charge is -2.05. The van der Waals surface area contributed by atoms with Gasteiger partial charge in [0.15, 0.2) is 0 Å². The van der Waals surface area contributed by atoms with Crippen molar-refractivity contribution in [3.63, 3.8) is 0 Å². The zero-order valence-electron chi connectivity index (χ0n) is 8.55. The molecule has 0 saturated heterocycles. The third kappa shape index (κ3) is 4.01. The van der Waals surface area contributed by atoms with E-state index in [1.165, 1.54) is 18.4 Å². The lowest BCUT2D eigenvalue weighted by molar-refractivity contribution is 0.342. The summed E-state index contributed by atoms with van der Waals surface area (Å²) in [5.74, 6) is 1.40. The topological polar surface area (TPSA) is 9.23 Å². The lowest BCUT2D eigenvalue weighted by atomic mass is 10.1. The fraction of sp³-hybridized carbons (Fsp3) is 0.500. The summed E-state index contributed by atoms with van der Waals surface area (Å²) in [5.41, 5.74) is 1.29. The van der Waals surface area contributed by atoms with Crippen LogP contribution in [-0.2, 0) is 6.42 Å². The van der Waals surface area contributed by atoms with Gasteiger partial charge >= 0.3 is 0 Å². The molecule has 1 radical (unpaired) electrons. The molecule has 0 N–H and O–H groups in total. The van der Waals surface area contributed by atoms with Gasteiger partial charge < -0.3 is 4.74 Å². The van der Waals surface area contributed by atoms with Crippen molar-refractivity contribution < 1.29 is 4.74 Å². The highest BCUT2D eigenvalue weighted by atomic mass is 35.5. The highest BCUT2D eigenvalue weighted by Gasteiger charge is 1.96. The molecule has 0 unspecified atom stereocenters. The van der Waals surface area contributed by atoms with Gasteiger partial charge in [-0.05, 0) is 36.6 Å². The fourth-order valence-corrected chi connectivity index (χ4v) is 1.34. The second kappa shape index (κ2) is 6.72. The van der Waals surface area contributed by atoms with E-state index in [0.717, 1.165) is 12.2 Å². The third-order valence-corrected chi connectivity index (χ3v) is 2.14. The summed E-state index contributed by atoms with van der Waals surface area (Å²) < 4.78 is 5.41. The van der Waals surface area contributed by atoms with Crippen molar-refractivity contribution in [3.8, 4) is 5.75 Å². The Morgan fingerprint density at radius 3 is 3.00 bits per heavy atom. The predicted octanol–water partition coefficient (Wildman–Crippen LogP) is 3.45. The first-order valence-corrected chi connectivity index (χ1v) is 5.59. The minimum atomic E-state index is 0.527. The Kier molecular flexibility index (Phi) is 5.46. The molecule has 1 nitrogen and oxygen atoms in total. The molecule has 1 rings (SSSR count). The molecule has 1 aromatic carbocycles. The van der Waals surface area contributed by atoms with Gasteiger partial charge in [-0.1, -0.05) is 19.4 Å². The molecule has 0 aromatic heterocycles. The van der Waals surface area contributed by atoms with Crippen molar-refractivity contribution in [2.75, 3.05) is 12.5 Å². The molecule has 2 heteroatoms. The maximum Gasteiger partial charge on any atom is 0.120 e. The van der Waals surface area contributed by atoms with Crippen molar-refractivity contribution in [2.45, 2.75) is 26.2 Å². The lowest BCUT2D eigenvalue weighted by Crippen LogP contribution is -1.98. The molecule has 0 aliphatic rings. The van der Waals surface area contributed by atoms with E-state index in [9.17, 15) is 0 Å². The number of alkyl halides is 1. The SMILES string of the molecule is CCCCc1c[c]cc(OCCCl)c1. The Morgan fingerprint density at radius 2 is 2.29 bits per heavy atom. The van der Waals surface area contributed by atoms with Crippen LogP contribution in [0.4, 0.5) is 0 Å². The number of rotatable bonds is 6. The van der Waals surface area contributed by atoms with Gasteiger partial charge in [-0.2, -0.15) is 0 Å². The molecule has 0 aliphatic heterocycles. The quantitative estimate of drug-likeness (QED) is 0.655. The molecule has 1 aromatic rings. The van der Waals surface area contributed by atoms with Crippen molar-refractivity contribution in [1.29, 1.82) is 0 Å². The van der Waals surface area contributed by atoms with Gasteiger partial charge in [-0.15, -0.1) is 11.6 Å². The van der Waals surface area contributed by atoms with Crippen LogP contribution < -0.4 is 4.74 Å². The Hall–Kier alpha value is -0.690. The molecule has 0 spiro atoms. The first-order valence-electron chi connectivity index (χ1n) is 5.05. The number of hydrogen-bond donors (Lipinski definition) is 0. The standard InChI is InChI=1S/C12H16ClO/c1-2-3-5-11-6-4-7-12(10-11)14-9-8-13/h6-7,10H,2-3,5,8-9H2,1H3. The normalized spacial score (nSPS) is 10.1. The average molecular weight is 212 g/mol. The molecular formula is C12H16ClO. The van der Waals surface area contributed by atoms with Gasteiger partial charge in [0.2, 0.25) is 0 Å². The summed E-state index contributed by atoms with van der Waals surface area (Å²) >= 11 is 5.54. The molecule has 77 valence electrons. The fourth-order valence-electron chi connectivity index (χ4n) is 1.26. The van der Waals surface area contributed by atoms with Crippen molar-refractivity contribution in [2.24, 2.45) is 0 Å². The number of halogens is 1. The van der Waals surface area contributed by atoms with Gasteiger partial charge in [0.1, 0.15) is 12.4 Å². The highest BCUT2D eigenvalue weighted by Crippen LogP contribution is 2.14. The van der Waals surface area contributed by atoms with Crippen LogP contribution in [0.1, 0.15) is 25.3 Å². The Bertz CT molecular complexity index is 237. The van der Waals surface area contributed by atoms with E-state index in [1.54, 1.807) is 0 Å². The maximum atomic E-state index is 5.54. The van der Waals surface area contributed by atoms with E-state index >= 15 is 0 Å². The van der Waals surface area contributed by atoms with E-state index in [2.05, 4.69) is 19.1 Å². The maximum absolute atomic E-state index is 5.54. The van der Waals surface area contributed by atoms with Crippen LogP contribution >= 0.6 is 11.6 Å². The number of aryl methyl sites for hydroxylation is 1. The van der Waals surface area contributed by atoms with E-state index in [0.29, 0.717) is 12.5 Å². The molecule has 0 bridgehead atoms. The zero-order chi connectivity index (χ0) is 10.2. The number of benzene rings is 1. The van der Waals surface area contributed by atoms with Crippen molar-refractivity contribution in [1.82, 2.24) is 0 Å². The molecule has 0 saturated carbocycles. The van der Waals surface area contributed by atoms with Crippen LogP contribution in [0.5, 0.6) is 5.75 Å². The van der Waals surface area contributed by atoms with E-state index in [-0.39, 0.29) is 0 Å². The molecule has 0 atom stereocenters. The van der Waals surface area contributed by atoms with Gasteiger partial charge in [-0.3, -0.25) is 0 Å². The minimum absolute atomic E-state index is 0.527. The van der Waals surface area contributed by atoms with Crippen LogP contribution in [0.15, 0.2) is 18.2 Å². The summed E-state index contributed by atoms with van der Waals surface area (Å²) in [7, 11) is 0. The summed E-state index contributed by atoms with van der Waals surface area (Å²) in [6.45, 7) is 2.75. The largest absolute Gasteiger partial charge is 0.492 e. The number of unbranched alkanes of at least 4 members (excludes halogenated alkanes) is 1. The van der Waals surface area contributed by atoms with Crippen LogP contribution in [0.3, 0.4) is 0 Å². The van der Waals surface area contributed by atoms with Crippen molar-refractivity contribution in [3.05, 3.63) is 29.8 Å². The molecule has 0 aliphatic carbocycles. The first-order chi connectivity index (χ1) is 6.86. The predicted molar refractivity (Wildman–Crippen MR) is 60.1 cm³/mol. The Morgan fingerprint density at radius 1 is 1.43 bits per heavy atom. The smallest absolute Gasteiger partial charge is 0.120 e. The Balaban J connectivity index is 2.50. The first kappa shape index (κ1) is 11.4. The monoisotopic (exact) mass is 211 g/mol. The molecule has 0 heterocycles. The molecule has 14 heavy (non-hydrogen) atoms. The van der Waals surface area contributed by atoms with Crippen LogP contribution in [0.25, 0.3) is 0 Å². The van der Waals surface area contributed by atoms with E-state index in [1.807, 2.05) is 12.1 Å². The molecular weight excluding hydrogens is 196 g/mol. The summed E-state index contributed by atoms with van der Waals surface area (Å²) in [6.07, 6.45) is 3.53. The third-order valence-electron chi connectivity index (χ3n) is 1.99. The van der Waals surface area contributed by atoms with Gasteiger partial charge in [-0.25, -0.2) is 0 Å². The molecule has 0 amide bonds. The number of ether oxygens (including phenoxy) is 1. The van der Waals surface area contributed by atoms with Gasteiger partial charge in [0.05, 0.1) is 5.88 Å². The van der Waals surface area contributed by atoms with E-state index in [4.69, 9.17) is 16.3 Å². The molecule has 0 fully saturated rings. The zero-order valence-corrected chi connectivity index (χ0v) is 9.31. The van der Waals surface area contributed by atoms with Crippen LogP contribution in [0.2, 0.25) is 0 Å². The summed E-state index contributed by atoms with van der Waals surface area (Å²) in [5, 5.41) is 0. The Labute approximate surface area is 91.0 Å². The average Bonchev–Trinajstić information content (AvgIpc) is 2.24. The second-order valence-corrected chi connectivity index (χ2v) is 3.60. The van der Waals surface area contributed by atoms with Crippen LogP contribution in [0, 0.1) is 6.07 Å². The highest BCUT2D eigenvalue weighted by molar-refractivity contribution is 6.17. The van der Waals surface area contributed by atoms with Gasteiger partial charge in [0, 0.05) is 0 Å². The summed E-state index contributed by atoms with van der Waals surface area (Å²) in [6, 6.07) is 9.01. The van der Waals surface area contributed by atoms with Gasteiger partial charge in [0.25, 0.3) is 0 Å². The van der Waals surface area contributed by atoms with Crippen molar-refractivity contribution >= 4 is 11.6 Å². The van der Waals surface area contributed by atoms with E-state index < -0.39 is 0 Å². The second-order valence-electron chi connectivity index (χ2n) is 3.22. The minimum Gasteiger partial charge on any atom is -0.492 e. The summed E-state index contributed by atoms with van der Waals surface area (Å²) in [4.78, 5) is 0.